The van der Waals surface area contributed by atoms with E-state index in [1.165, 1.54) is 0 Å². The van der Waals surface area contributed by atoms with Crippen LogP contribution in [-0.2, 0) is 19.1 Å². The highest BCUT2D eigenvalue weighted by Gasteiger charge is 2.45. The molecule has 0 radical (unpaired) electrons. The van der Waals surface area contributed by atoms with Crippen LogP contribution in [0.1, 0.15) is 40.0 Å². The van der Waals surface area contributed by atoms with Gasteiger partial charge in [-0.15, -0.1) is 0 Å². The Bertz CT molecular complexity index is 763. The summed E-state index contributed by atoms with van der Waals surface area (Å²) in [5.74, 6) is -0.223. The summed E-state index contributed by atoms with van der Waals surface area (Å²) < 4.78 is 33.2. The normalized spacial score (nSPS) is 24.0. The van der Waals surface area contributed by atoms with E-state index < -0.39 is 23.4 Å². The van der Waals surface area contributed by atoms with Gasteiger partial charge in [0.25, 0.3) is 0 Å². The smallest absolute Gasteiger partial charge is 0.192 e. The number of benzene rings is 1. The van der Waals surface area contributed by atoms with Gasteiger partial charge < -0.3 is 9.22 Å². The molecule has 1 aliphatic carbocycles. The van der Waals surface area contributed by atoms with Gasteiger partial charge in [-0.25, -0.2) is 8.42 Å². The minimum Gasteiger partial charge on any atom is -0.413 e. The number of sulfone groups is 1. The maximum Gasteiger partial charge on any atom is 0.192 e. The van der Waals surface area contributed by atoms with Crippen LogP contribution in [0.25, 0.3) is 0 Å². The zero-order chi connectivity index (χ0) is 20.3. The molecule has 2 rings (SSSR count). The summed E-state index contributed by atoms with van der Waals surface area (Å²) in [7, 11) is -5.59. The van der Waals surface area contributed by atoms with Gasteiger partial charge in [-0.2, -0.15) is 0 Å². The molecule has 6 heteroatoms. The van der Waals surface area contributed by atoms with Gasteiger partial charge in [0.05, 0.1) is 16.2 Å². The average Bonchev–Trinajstić information content (AvgIpc) is 2.60. The maximum absolute atomic E-state index is 13.3. The van der Waals surface area contributed by atoms with Crippen LogP contribution in [0.2, 0.25) is 18.1 Å². The predicted molar refractivity (Wildman–Crippen MR) is 112 cm³/mol. The van der Waals surface area contributed by atoms with Crippen LogP contribution in [-0.4, -0.2) is 34.4 Å². The van der Waals surface area contributed by atoms with E-state index in [0.29, 0.717) is 24.2 Å². The van der Waals surface area contributed by atoms with Crippen molar-refractivity contribution in [1.29, 1.82) is 0 Å². The summed E-state index contributed by atoms with van der Waals surface area (Å²) >= 11 is 0. The van der Waals surface area contributed by atoms with Crippen molar-refractivity contribution in [3.8, 4) is 0 Å². The number of carbonyl (C=O) groups excluding carboxylic acids is 1. The van der Waals surface area contributed by atoms with E-state index in [1.54, 1.807) is 30.3 Å². The van der Waals surface area contributed by atoms with Gasteiger partial charge in [0, 0.05) is 12.3 Å². The van der Waals surface area contributed by atoms with E-state index in [9.17, 15) is 13.2 Å². The summed E-state index contributed by atoms with van der Waals surface area (Å²) in [5, 5.41) is -0.625. The van der Waals surface area contributed by atoms with E-state index in [-0.39, 0.29) is 17.1 Å². The molecule has 0 fully saturated rings. The van der Waals surface area contributed by atoms with Crippen molar-refractivity contribution in [3.63, 3.8) is 0 Å². The molecule has 0 bridgehead atoms. The maximum atomic E-state index is 13.3. The molecule has 1 aromatic rings. The first kappa shape index (κ1) is 22.1. The quantitative estimate of drug-likeness (QED) is 0.370. The van der Waals surface area contributed by atoms with Gasteiger partial charge >= 0.3 is 0 Å². The molecule has 27 heavy (non-hydrogen) atoms. The molecule has 0 aromatic heterocycles. The standard InChI is InChI=1S/C21H32O4SSi/c1-21(2,3)27(4,5)25-19-14-9-15-20(18(19)13-10-16-22)26(23,24)17-11-7-6-8-12-17/h6-9,11-12,15-16,18-20H,10,13-14H2,1-5H3/t18-,19-,20-/m0/s1. The minimum atomic E-state index is -3.53. The molecule has 1 aromatic carbocycles. The molecule has 0 amide bonds. The molecule has 0 aliphatic heterocycles. The van der Waals surface area contributed by atoms with Crippen molar-refractivity contribution in [2.45, 2.75) is 74.4 Å². The zero-order valence-corrected chi connectivity index (χ0v) is 18.8. The zero-order valence-electron chi connectivity index (χ0n) is 17.0. The van der Waals surface area contributed by atoms with Crippen molar-refractivity contribution in [2.24, 2.45) is 5.92 Å². The second kappa shape index (κ2) is 8.41. The number of carbonyl (C=O) groups is 1. The lowest BCUT2D eigenvalue weighted by Crippen LogP contribution is -2.49. The number of hydrogen-bond donors (Lipinski definition) is 0. The highest BCUT2D eigenvalue weighted by molar-refractivity contribution is 7.92. The molecule has 0 saturated carbocycles. The van der Waals surface area contributed by atoms with Crippen molar-refractivity contribution in [1.82, 2.24) is 0 Å². The SMILES string of the molecule is CC(C)(C)[Si](C)(C)O[C@H]1CC=C[C@H](S(=O)(=O)c2ccccc2)[C@H]1CCC=O. The minimum absolute atomic E-state index is 0.0389. The van der Waals surface area contributed by atoms with Crippen molar-refractivity contribution in [3.05, 3.63) is 42.5 Å². The largest absolute Gasteiger partial charge is 0.413 e. The van der Waals surface area contributed by atoms with Gasteiger partial charge in [-0.3, -0.25) is 0 Å². The Balaban J connectivity index is 2.38. The van der Waals surface area contributed by atoms with Crippen molar-refractivity contribution >= 4 is 24.4 Å². The van der Waals surface area contributed by atoms with E-state index >= 15 is 0 Å². The Kier molecular flexibility index (Phi) is 6.87. The van der Waals surface area contributed by atoms with Crippen LogP contribution in [0.3, 0.4) is 0 Å². The molecular weight excluding hydrogens is 376 g/mol. The molecule has 0 spiro atoms. The summed E-state index contributed by atoms with van der Waals surface area (Å²) in [6, 6.07) is 8.56. The van der Waals surface area contributed by atoms with Crippen molar-refractivity contribution < 1.29 is 17.6 Å². The fraction of sp³-hybridized carbons (Fsp3) is 0.571. The highest BCUT2D eigenvalue weighted by atomic mass is 32.2. The highest BCUT2D eigenvalue weighted by Crippen LogP contribution is 2.41. The second-order valence-electron chi connectivity index (χ2n) is 8.81. The molecule has 0 unspecified atom stereocenters. The molecule has 0 heterocycles. The van der Waals surface area contributed by atoms with Crippen LogP contribution >= 0.6 is 0 Å². The Morgan fingerprint density at radius 3 is 2.37 bits per heavy atom. The second-order valence-corrected chi connectivity index (χ2v) is 15.7. The van der Waals surface area contributed by atoms with Crippen LogP contribution in [0.4, 0.5) is 0 Å². The Labute approximate surface area is 165 Å². The lowest BCUT2D eigenvalue weighted by atomic mass is 9.87. The third-order valence-electron chi connectivity index (χ3n) is 5.89. The lowest BCUT2D eigenvalue weighted by Gasteiger charge is -2.43. The van der Waals surface area contributed by atoms with Gasteiger partial charge in [0.15, 0.2) is 18.2 Å². The van der Waals surface area contributed by atoms with E-state index in [1.807, 2.05) is 12.1 Å². The predicted octanol–water partition coefficient (Wildman–Crippen LogP) is 4.77. The monoisotopic (exact) mass is 408 g/mol. The molecule has 3 atom stereocenters. The lowest BCUT2D eigenvalue weighted by molar-refractivity contribution is -0.108. The molecule has 1 aliphatic rings. The molecule has 0 saturated heterocycles. The fourth-order valence-electron chi connectivity index (χ4n) is 3.28. The number of hydrogen-bond acceptors (Lipinski definition) is 4. The third-order valence-corrected chi connectivity index (χ3v) is 12.6. The average molecular weight is 409 g/mol. The molecule has 0 N–H and O–H groups in total. The van der Waals surface area contributed by atoms with Crippen LogP contribution < -0.4 is 0 Å². The topological polar surface area (TPSA) is 60.4 Å². The summed E-state index contributed by atoms with van der Waals surface area (Å²) in [5.41, 5.74) is 0. The van der Waals surface area contributed by atoms with Crippen LogP contribution in [0.5, 0.6) is 0 Å². The summed E-state index contributed by atoms with van der Waals surface area (Å²) in [6.45, 7) is 10.9. The number of rotatable bonds is 7. The van der Waals surface area contributed by atoms with Gasteiger partial charge in [0.2, 0.25) is 0 Å². The Morgan fingerprint density at radius 2 is 1.81 bits per heavy atom. The first-order valence-corrected chi connectivity index (χ1v) is 14.0. The number of aldehydes is 1. The van der Waals surface area contributed by atoms with Gasteiger partial charge in [-0.1, -0.05) is 51.1 Å². The van der Waals surface area contributed by atoms with E-state index in [0.717, 1.165) is 6.29 Å². The van der Waals surface area contributed by atoms with Gasteiger partial charge in [0.1, 0.15) is 6.29 Å². The molecular formula is C21H32O4SSi. The Morgan fingerprint density at radius 1 is 1.19 bits per heavy atom. The van der Waals surface area contributed by atoms with Crippen LogP contribution in [0.15, 0.2) is 47.4 Å². The Hall–Kier alpha value is -1.24. The third kappa shape index (κ3) is 4.98. The van der Waals surface area contributed by atoms with E-state index in [2.05, 4.69) is 33.9 Å². The first-order valence-electron chi connectivity index (χ1n) is 9.58. The van der Waals surface area contributed by atoms with E-state index in [4.69, 9.17) is 4.43 Å². The first-order chi connectivity index (χ1) is 12.5. The molecule has 4 nitrogen and oxygen atoms in total. The summed E-state index contributed by atoms with van der Waals surface area (Å²) in [4.78, 5) is 11.3. The van der Waals surface area contributed by atoms with Crippen molar-refractivity contribution in [2.75, 3.05) is 0 Å². The molecule has 150 valence electrons. The fourth-order valence-corrected chi connectivity index (χ4v) is 6.60. The van der Waals surface area contributed by atoms with Crippen LogP contribution in [0, 0.1) is 5.92 Å². The van der Waals surface area contributed by atoms with Gasteiger partial charge in [-0.05, 0) is 43.1 Å². The summed E-state index contributed by atoms with van der Waals surface area (Å²) in [6.07, 6.45) is 5.97.